The highest BCUT2D eigenvalue weighted by atomic mass is 35.5. The van der Waals surface area contributed by atoms with Crippen LogP contribution in [0.1, 0.15) is 33.4 Å². The molecule has 0 radical (unpaired) electrons. The molecule has 0 aliphatic heterocycles. The third kappa shape index (κ3) is 5.65. The van der Waals surface area contributed by atoms with Crippen LogP contribution in [0.5, 0.6) is 0 Å². The summed E-state index contributed by atoms with van der Waals surface area (Å²) in [6, 6.07) is 20.8. The summed E-state index contributed by atoms with van der Waals surface area (Å²) in [6.45, 7) is 2.19. The zero-order valence-electron chi connectivity index (χ0n) is 18.6. The highest BCUT2D eigenvalue weighted by Gasteiger charge is 2.21. The zero-order chi connectivity index (χ0) is 24.9. The summed E-state index contributed by atoms with van der Waals surface area (Å²) >= 11 is 18.4. The van der Waals surface area contributed by atoms with Crippen LogP contribution >= 0.6 is 35.4 Å². The number of nitrogens with zero attached hydrogens (tertiary/aromatic N) is 1. The van der Waals surface area contributed by atoms with Crippen LogP contribution < -0.4 is 10.2 Å². The van der Waals surface area contributed by atoms with Gasteiger partial charge in [-0.1, -0.05) is 47.5 Å². The van der Waals surface area contributed by atoms with E-state index in [0.717, 1.165) is 5.39 Å². The number of nitrogens with one attached hydrogen (secondary N) is 1. The summed E-state index contributed by atoms with van der Waals surface area (Å²) in [5, 5.41) is 4.54. The number of furan rings is 1. The van der Waals surface area contributed by atoms with Gasteiger partial charge >= 0.3 is 5.97 Å². The lowest BCUT2D eigenvalue weighted by atomic mass is 10.1. The van der Waals surface area contributed by atoms with Gasteiger partial charge in [0.25, 0.3) is 5.91 Å². The van der Waals surface area contributed by atoms with Gasteiger partial charge < -0.3 is 14.1 Å². The first-order valence-electron chi connectivity index (χ1n) is 10.7. The largest absolute Gasteiger partial charge is 0.462 e. The molecule has 0 bridgehead atoms. The molecule has 1 amide bonds. The Morgan fingerprint density at radius 1 is 1.00 bits per heavy atom. The topological polar surface area (TPSA) is 71.8 Å². The molecule has 9 heteroatoms. The van der Waals surface area contributed by atoms with Crippen molar-refractivity contribution in [3.63, 3.8) is 0 Å². The van der Waals surface area contributed by atoms with Gasteiger partial charge in [-0.05, 0) is 67.7 Å². The number of ether oxygens (including phenoxy) is 1. The van der Waals surface area contributed by atoms with Crippen molar-refractivity contribution in [1.82, 2.24) is 5.32 Å². The molecule has 1 N–H and O–H groups in total. The summed E-state index contributed by atoms with van der Waals surface area (Å²) in [5.74, 6) is -0.799. The number of carbonyl (C=O) groups is 2. The van der Waals surface area contributed by atoms with Gasteiger partial charge in [-0.25, -0.2) is 4.79 Å². The molecule has 4 rings (SSSR count). The molecule has 35 heavy (non-hydrogen) atoms. The van der Waals surface area contributed by atoms with E-state index in [4.69, 9.17) is 44.6 Å². The molecule has 0 aliphatic carbocycles. The third-order valence-electron chi connectivity index (χ3n) is 5.18. The number of hydrogen-bond acceptors (Lipinski definition) is 5. The number of fused-ring (bicyclic) bond motifs is 1. The number of anilines is 1. The Labute approximate surface area is 217 Å². The minimum Gasteiger partial charge on any atom is -0.462 e. The highest BCUT2D eigenvalue weighted by Crippen LogP contribution is 2.28. The van der Waals surface area contributed by atoms with Crippen LogP contribution in [-0.4, -0.2) is 23.6 Å². The van der Waals surface area contributed by atoms with Gasteiger partial charge in [-0.2, -0.15) is 0 Å². The summed E-state index contributed by atoms with van der Waals surface area (Å²) in [7, 11) is 0. The molecule has 1 heterocycles. The van der Waals surface area contributed by atoms with Gasteiger partial charge in [0.1, 0.15) is 5.58 Å². The Bertz CT molecular complexity index is 1350. The first-order chi connectivity index (χ1) is 16.9. The molecule has 1 aromatic heterocycles. The fraction of sp³-hybridized carbons (Fsp3) is 0.115. The number of esters is 1. The normalized spacial score (nSPS) is 10.7. The van der Waals surface area contributed by atoms with Gasteiger partial charge in [-0.3, -0.25) is 10.1 Å². The fourth-order valence-corrected chi connectivity index (χ4v) is 4.21. The molecule has 0 atom stereocenters. The summed E-state index contributed by atoms with van der Waals surface area (Å²) in [6.07, 6.45) is 0. The Morgan fingerprint density at radius 3 is 2.34 bits per heavy atom. The maximum Gasteiger partial charge on any atom is 0.338 e. The SMILES string of the molecule is CCOC(=O)c1ccc(N(Cc2c(Cl)cccc2Cl)C(=S)NC(=O)c2cc3ccccc3o2)cc1. The average Bonchev–Trinajstić information content (AvgIpc) is 3.29. The third-order valence-corrected chi connectivity index (χ3v) is 6.21. The monoisotopic (exact) mass is 526 g/mol. The van der Waals surface area contributed by atoms with E-state index in [1.807, 2.05) is 18.2 Å². The molecule has 6 nitrogen and oxygen atoms in total. The van der Waals surface area contributed by atoms with E-state index in [1.54, 1.807) is 66.4 Å². The van der Waals surface area contributed by atoms with Crippen LogP contribution in [0.25, 0.3) is 11.0 Å². The zero-order valence-corrected chi connectivity index (χ0v) is 20.9. The van der Waals surface area contributed by atoms with Gasteiger partial charge in [0.15, 0.2) is 10.9 Å². The first kappa shape index (κ1) is 24.7. The Hall–Kier alpha value is -3.39. The number of rotatable bonds is 6. The quantitative estimate of drug-likeness (QED) is 0.224. The number of benzene rings is 3. The van der Waals surface area contributed by atoms with E-state index in [-0.39, 0.29) is 24.0 Å². The standard InChI is InChI=1S/C26H20Cl2N2O4S/c1-2-33-25(32)16-10-12-18(13-11-16)30(15-19-20(27)7-5-8-21(19)28)26(35)29-24(31)23-14-17-6-3-4-9-22(17)34-23/h3-14H,2,15H2,1H3,(H,29,31,35). The Morgan fingerprint density at radius 2 is 1.69 bits per heavy atom. The van der Waals surface area contributed by atoms with Crippen molar-refractivity contribution in [2.75, 3.05) is 11.5 Å². The maximum atomic E-state index is 12.9. The minimum atomic E-state index is -0.496. The van der Waals surface area contributed by atoms with E-state index < -0.39 is 11.9 Å². The summed E-state index contributed by atoms with van der Waals surface area (Å²) in [5.41, 5.74) is 2.23. The number of carbonyl (C=O) groups excluding carboxylic acids is 2. The second kappa shape index (κ2) is 10.9. The van der Waals surface area contributed by atoms with Crippen LogP contribution in [0.3, 0.4) is 0 Å². The number of amides is 1. The van der Waals surface area contributed by atoms with E-state index in [9.17, 15) is 9.59 Å². The Kier molecular flexibility index (Phi) is 7.70. The predicted molar refractivity (Wildman–Crippen MR) is 141 cm³/mol. The molecule has 3 aromatic carbocycles. The van der Waals surface area contributed by atoms with Gasteiger partial charge in [0, 0.05) is 26.7 Å². The van der Waals surface area contributed by atoms with Gasteiger partial charge in [0.05, 0.1) is 18.7 Å². The van der Waals surface area contributed by atoms with Crippen molar-refractivity contribution in [3.05, 3.63) is 99.7 Å². The lowest BCUT2D eigenvalue weighted by Crippen LogP contribution is -2.42. The van der Waals surface area contributed by atoms with Crippen LogP contribution in [0.2, 0.25) is 10.0 Å². The van der Waals surface area contributed by atoms with Crippen LogP contribution in [0.4, 0.5) is 5.69 Å². The first-order valence-corrected chi connectivity index (χ1v) is 11.8. The van der Waals surface area contributed by atoms with Crippen molar-refractivity contribution < 1.29 is 18.7 Å². The molecule has 0 saturated carbocycles. The van der Waals surface area contributed by atoms with Crippen molar-refractivity contribution in [1.29, 1.82) is 0 Å². The lowest BCUT2D eigenvalue weighted by Gasteiger charge is -2.26. The molecule has 0 spiro atoms. The molecule has 0 aliphatic rings. The van der Waals surface area contributed by atoms with Crippen LogP contribution in [-0.2, 0) is 11.3 Å². The van der Waals surface area contributed by atoms with Gasteiger partial charge in [0.2, 0.25) is 0 Å². The molecular weight excluding hydrogens is 507 g/mol. The van der Waals surface area contributed by atoms with Crippen molar-refractivity contribution in [2.24, 2.45) is 0 Å². The van der Waals surface area contributed by atoms with Crippen LogP contribution in [0, 0.1) is 0 Å². The molecular formula is C26H20Cl2N2O4S. The van der Waals surface area contributed by atoms with Crippen molar-refractivity contribution >= 4 is 69.1 Å². The molecule has 0 saturated heterocycles. The number of para-hydroxylation sites is 1. The second-order valence-electron chi connectivity index (χ2n) is 7.46. The number of thiocarbonyl (C=S) groups is 1. The van der Waals surface area contributed by atoms with Crippen molar-refractivity contribution in [3.8, 4) is 0 Å². The fourth-order valence-electron chi connectivity index (χ4n) is 3.43. The van der Waals surface area contributed by atoms with E-state index >= 15 is 0 Å². The number of halogens is 2. The van der Waals surface area contributed by atoms with E-state index in [0.29, 0.717) is 32.4 Å². The van der Waals surface area contributed by atoms with Gasteiger partial charge in [-0.15, -0.1) is 0 Å². The predicted octanol–water partition coefficient (Wildman–Crippen LogP) is 6.64. The maximum absolute atomic E-state index is 12.9. The Balaban J connectivity index is 1.63. The second-order valence-corrected chi connectivity index (χ2v) is 8.66. The lowest BCUT2D eigenvalue weighted by molar-refractivity contribution is 0.0526. The molecule has 0 fully saturated rings. The molecule has 4 aromatic rings. The molecule has 178 valence electrons. The average molecular weight is 527 g/mol. The smallest absolute Gasteiger partial charge is 0.338 e. The molecule has 0 unspecified atom stereocenters. The van der Waals surface area contributed by atoms with E-state index in [2.05, 4.69) is 5.32 Å². The summed E-state index contributed by atoms with van der Waals surface area (Å²) in [4.78, 5) is 26.6. The van der Waals surface area contributed by atoms with Crippen molar-refractivity contribution in [2.45, 2.75) is 13.5 Å². The summed E-state index contributed by atoms with van der Waals surface area (Å²) < 4.78 is 10.7. The number of hydrogen-bond donors (Lipinski definition) is 1. The minimum absolute atomic E-state index is 0.107. The highest BCUT2D eigenvalue weighted by molar-refractivity contribution is 7.80. The van der Waals surface area contributed by atoms with E-state index in [1.165, 1.54) is 0 Å². The van der Waals surface area contributed by atoms with Crippen LogP contribution in [0.15, 0.2) is 77.2 Å².